The molecule has 0 saturated heterocycles. The summed E-state index contributed by atoms with van der Waals surface area (Å²) in [5.74, 6) is -0.329. The molecular formula is C16H20O3. The van der Waals surface area contributed by atoms with E-state index in [1.807, 2.05) is 6.92 Å². The Hall–Kier alpha value is -1.77. The van der Waals surface area contributed by atoms with E-state index in [4.69, 9.17) is 0 Å². The third-order valence-corrected chi connectivity index (χ3v) is 3.13. The molecule has 1 aromatic carbocycles. The van der Waals surface area contributed by atoms with Crippen LogP contribution in [0.25, 0.3) is 0 Å². The standard InChI is InChI=1S/C16H20O3/c1-5-13(17)11-8-10(4)9-12(14(18)6-2)16(11)15(19)7-3/h8-9H,5-7H2,1-4H3. The van der Waals surface area contributed by atoms with Crippen LogP contribution in [0.2, 0.25) is 0 Å². The minimum absolute atomic E-state index is 0.0920. The first-order chi connectivity index (χ1) is 8.96. The van der Waals surface area contributed by atoms with Crippen LogP contribution in [0.15, 0.2) is 12.1 Å². The first kappa shape index (κ1) is 15.3. The van der Waals surface area contributed by atoms with Crippen LogP contribution >= 0.6 is 0 Å². The average Bonchev–Trinajstić information content (AvgIpc) is 2.43. The van der Waals surface area contributed by atoms with Crippen LogP contribution < -0.4 is 0 Å². The molecule has 0 unspecified atom stereocenters. The van der Waals surface area contributed by atoms with E-state index >= 15 is 0 Å². The molecule has 0 aliphatic heterocycles. The minimum Gasteiger partial charge on any atom is -0.294 e. The second-order valence-corrected chi connectivity index (χ2v) is 4.57. The summed E-state index contributed by atoms with van der Waals surface area (Å²) in [6.45, 7) is 7.08. The number of carbonyl (C=O) groups is 3. The van der Waals surface area contributed by atoms with E-state index < -0.39 is 0 Å². The van der Waals surface area contributed by atoms with Gasteiger partial charge in [0.2, 0.25) is 0 Å². The molecule has 1 rings (SSSR count). The van der Waals surface area contributed by atoms with Crippen molar-refractivity contribution >= 4 is 17.3 Å². The maximum Gasteiger partial charge on any atom is 0.164 e. The monoisotopic (exact) mass is 260 g/mol. The number of hydrogen-bond acceptors (Lipinski definition) is 3. The van der Waals surface area contributed by atoms with Crippen molar-refractivity contribution in [3.05, 3.63) is 34.4 Å². The van der Waals surface area contributed by atoms with Gasteiger partial charge >= 0.3 is 0 Å². The molecule has 102 valence electrons. The highest BCUT2D eigenvalue weighted by molar-refractivity contribution is 6.15. The molecule has 3 nitrogen and oxygen atoms in total. The Labute approximate surface area is 114 Å². The van der Waals surface area contributed by atoms with Gasteiger partial charge in [-0.1, -0.05) is 20.8 Å². The number of rotatable bonds is 6. The summed E-state index contributed by atoms with van der Waals surface area (Å²) in [7, 11) is 0. The van der Waals surface area contributed by atoms with Gasteiger partial charge in [-0.2, -0.15) is 0 Å². The molecule has 0 saturated carbocycles. The third kappa shape index (κ3) is 3.16. The number of ketones is 3. The fourth-order valence-corrected chi connectivity index (χ4v) is 2.08. The van der Waals surface area contributed by atoms with E-state index in [2.05, 4.69) is 0 Å². The van der Waals surface area contributed by atoms with Crippen molar-refractivity contribution in [1.29, 1.82) is 0 Å². The summed E-state index contributed by atoms with van der Waals surface area (Å²) in [5, 5.41) is 0. The molecule has 0 aliphatic rings. The summed E-state index contributed by atoms with van der Waals surface area (Å²) in [6, 6.07) is 3.42. The van der Waals surface area contributed by atoms with Gasteiger partial charge < -0.3 is 0 Å². The first-order valence-electron chi connectivity index (χ1n) is 6.70. The maximum absolute atomic E-state index is 12.1. The third-order valence-electron chi connectivity index (χ3n) is 3.13. The second kappa shape index (κ2) is 6.41. The topological polar surface area (TPSA) is 51.2 Å². The fourth-order valence-electron chi connectivity index (χ4n) is 2.08. The van der Waals surface area contributed by atoms with Crippen molar-refractivity contribution < 1.29 is 14.4 Å². The Bertz CT molecular complexity index is 490. The van der Waals surface area contributed by atoms with Gasteiger partial charge in [0.15, 0.2) is 17.3 Å². The molecule has 0 fully saturated rings. The maximum atomic E-state index is 12.1. The van der Waals surface area contributed by atoms with Gasteiger partial charge in [0.25, 0.3) is 0 Å². The molecule has 0 amide bonds. The van der Waals surface area contributed by atoms with Crippen molar-refractivity contribution in [2.75, 3.05) is 0 Å². The number of hydrogen-bond donors (Lipinski definition) is 0. The van der Waals surface area contributed by atoms with E-state index in [0.29, 0.717) is 29.5 Å². The van der Waals surface area contributed by atoms with Crippen molar-refractivity contribution in [1.82, 2.24) is 0 Å². The van der Waals surface area contributed by atoms with Crippen LogP contribution in [-0.2, 0) is 0 Å². The second-order valence-electron chi connectivity index (χ2n) is 4.57. The van der Waals surface area contributed by atoms with Gasteiger partial charge in [0.1, 0.15) is 0 Å². The lowest BCUT2D eigenvalue weighted by molar-refractivity contribution is 0.0942. The average molecular weight is 260 g/mol. The van der Waals surface area contributed by atoms with E-state index in [1.54, 1.807) is 32.9 Å². The van der Waals surface area contributed by atoms with Gasteiger partial charge in [-0.15, -0.1) is 0 Å². The molecule has 0 N–H and O–H groups in total. The van der Waals surface area contributed by atoms with Crippen molar-refractivity contribution in [2.24, 2.45) is 0 Å². The zero-order chi connectivity index (χ0) is 14.6. The summed E-state index contributed by atoms with van der Waals surface area (Å²) in [4.78, 5) is 36.1. The zero-order valence-corrected chi connectivity index (χ0v) is 12.0. The fraction of sp³-hybridized carbons (Fsp3) is 0.438. The van der Waals surface area contributed by atoms with Crippen molar-refractivity contribution in [2.45, 2.75) is 47.0 Å². The summed E-state index contributed by atoms with van der Waals surface area (Å²) >= 11 is 0. The molecule has 0 aliphatic carbocycles. The normalized spacial score (nSPS) is 10.3. The molecule has 0 radical (unpaired) electrons. The zero-order valence-electron chi connectivity index (χ0n) is 12.0. The van der Waals surface area contributed by atoms with E-state index in [-0.39, 0.29) is 23.8 Å². The van der Waals surface area contributed by atoms with Crippen LogP contribution in [0.3, 0.4) is 0 Å². The number of benzene rings is 1. The highest BCUT2D eigenvalue weighted by atomic mass is 16.1. The van der Waals surface area contributed by atoms with Crippen LogP contribution in [0.4, 0.5) is 0 Å². The Morgan fingerprint density at radius 1 is 0.789 bits per heavy atom. The van der Waals surface area contributed by atoms with Crippen LogP contribution in [0.5, 0.6) is 0 Å². The highest BCUT2D eigenvalue weighted by Crippen LogP contribution is 2.22. The molecular weight excluding hydrogens is 240 g/mol. The quantitative estimate of drug-likeness (QED) is 0.731. The van der Waals surface area contributed by atoms with Crippen molar-refractivity contribution in [3.63, 3.8) is 0 Å². The minimum atomic E-state index is -0.145. The molecule has 0 bridgehead atoms. The molecule has 0 atom stereocenters. The largest absolute Gasteiger partial charge is 0.294 e. The number of Topliss-reactive ketones (excluding diaryl/α,β-unsaturated/α-hetero) is 3. The summed E-state index contributed by atoms with van der Waals surface area (Å²) in [6.07, 6.45) is 0.942. The van der Waals surface area contributed by atoms with Gasteiger partial charge in [0, 0.05) is 36.0 Å². The number of aryl methyl sites for hydroxylation is 1. The molecule has 3 heteroatoms. The lowest BCUT2D eigenvalue weighted by Gasteiger charge is -2.13. The van der Waals surface area contributed by atoms with Crippen molar-refractivity contribution in [3.8, 4) is 0 Å². The van der Waals surface area contributed by atoms with E-state index in [9.17, 15) is 14.4 Å². The lowest BCUT2D eigenvalue weighted by Crippen LogP contribution is -2.15. The Morgan fingerprint density at radius 3 is 1.47 bits per heavy atom. The first-order valence-corrected chi connectivity index (χ1v) is 6.70. The van der Waals surface area contributed by atoms with Gasteiger partial charge in [0.05, 0.1) is 0 Å². The predicted octanol–water partition coefficient (Wildman–Crippen LogP) is 3.77. The molecule has 0 spiro atoms. The Kier molecular flexibility index (Phi) is 5.16. The molecule has 0 heterocycles. The smallest absolute Gasteiger partial charge is 0.164 e. The van der Waals surface area contributed by atoms with E-state index in [0.717, 1.165) is 5.56 Å². The van der Waals surface area contributed by atoms with Gasteiger partial charge in [-0.25, -0.2) is 0 Å². The van der Waals surface area contributed by atoms with Gasteiger partial charge in [-0.05, 0) is 24.6 Å². The summed E-state index contributed by atoms with van der Waals surface area (Å²) in [5.41, 5.74) is 1.94. The summed E-state index contributed by atoms with van der Waals surface area (Å²) < 4.78 is 0. The number of carbonyl (C=O) groups excluding carboxylic acids is 3. The Balaban J connectivity index is 3.62. The van der Waals surface area contributed by atoms with Crippen LogP contribution in [0.1, 0.15) is 76.7 Å². The molecule has 0 aromatic heterocycles. The SMILES string of the molecule is CCC(=O)c1cc(C)cc(C(=O)CC)c1C(=O)CC. The van der Waals surface area contributed by atoms with E-state index in [1.165, 1.54) is 0 Å². The lowest BCUT2D eigenvalue weighted by atomic mass is 9.89. The molecule has 1 aromatic rings. The molecule has 19 heavy (non-hydrogen) atoms. The predicted molar refractivity (Wildman–Crippen MR) is 75.0 cm³/mol. The van der Waals surface area contributed by atoms with Crippen LogP contribution in [-0.4, -0.2) is 17.3 Å². The highest BCUT2D eigenvalue weighted by Gasteiger charge is 2.22. The van der Waals surface area contributed by atoms with Gasteiger partial charge in [-0.3, -0.25) is 14.4 Å². The Morgan fingerprint density at radius 2 is 1.16 bits per heavy atom. The van der Waals surface area contributed by atoms with Crippen LogP contribution in [0, 0.1) is 6.92 Å².